The number of fused-ring (bicyclic) bond motifs is 3. The molecule has 0 bridgehead atoms. The number of aromatic nitrogens is 4. The van der Waals surface area contributed by atoms with Gasteiger partial charge in [-0.15, -0.1) is 0 Å². The summed E-state index contributed by atoms with van der Waals surface area (Å²) >= 11 is 0. The Morgan fingerprint density at radius 3 is 2.81 bits per heavy atom. The quantitative estimate of drug-likeness (QED) is 0.472. The van der Waals surface area contributed by atoms with Crippen molar-refractivity contribution in [3.05, 3.63) is 65.4 Å². The summed E-state index contributed by atoms with van der Waals surface area (Å²) in [5.41, 5.74) is 4.99. The minimum Gasteiger partial charge on any atom is -0.358 e. The summed E-state index contributed by atoms with van der Waals surface area (Å²) in [5, 5.41) is 8.38. The third-order valence-corrected chi connectivity index (χ3v) is 6.31. The van der Waals surface area contributed by atoms with Gasteiger partial charge in [0.25, 0.3) is 5.91 Å². The topological polar surface area (TPSA) is 96.7 Å². The molecule has 1 aliphatic carbocycles. The molecule has 5 rings (SSSR count). The smallest absolute Gasteiger partial charge is 0.254 e. The SMILES string of the molecule is CC1CCc2[nH]c3c(C(=O)NC(c4nc(-c5ccncc5)no4)C(C)C)cccc3c2C1. The van der Waals surface area contributed by atoms with Gasteiger partial charge in [-0.3, -0.25) is 9.78 Å². The van der Waals surface area contributed by atoms with Crippen molar-refractivity contribution in [3.63, 3.8) is 0 Å². The first kappa shape index (κ1) is 20.4. The van der Waals surface area contributed by atoms with E-state index in [1.165, 1.54) is 17.7 Å². The Balaban J connectivity index is 1.44. The van der Waals surface area contributed by atoms with Crippen LogP contribution in [0.15, 0.2) is 47.2 Å². The third-order valence-electron chi connectivity index (χ3n) is 6.31. The highest BCUT2D eigenvalue weighted by Crippen LogP contribution is 2.33. The number of carbonyl (C=O) groups excluding carboxylic acids is 1. The van der Waals surface area contributed by atoms with E-state index in [0.717, 1.165) is 29.3 Å². The first-order chi connectivity index (χ1) is 15.5. The van der Waals surface area contributed by atoms with Crippen molar-refractivity contribution >= 4 is 16.8 Å². The number of rotatable bonds is 5. The highest BCUT2D eigenvalue weighted by atomic mass is 16.5. The van der Waals surface area contributed by atoms with Crippen molar-refractivity contribution in [2.75, 3.05) is 0 Å². The highest BCUT2D eigenvalue weighted by Gasteiger charge is 2.27. The number of para-hydroxylation sites is 1. The van der Waals surface area contributed by atoms with Gasteiger partial charge in [0, 0.05) is 29.0 Å². The van der Waals surface area contributed by atoms with E-state index < -0.39 is 6.04 Å². The van der Waals surface area contributed by atoms with Crippen LogP contribution < -0.4 is 5.32 Å². The predicted molar refractivity (Wildman–Crippen MR) is 122 cm³/mol. The average Bonchev–Trinajstić information content (AvgIpc) is 3.42. The first-order valence-electron chi connectivity index (χ1n) is 11.2. The molecule has 0 fully saturated rings. The van der Waals surface area contributed by atoms with Crippen molar-refractivity contribution in [1.29, 1.82) is 0 Å². The second-order valence-electron chi connectivity index (χ2n) is 9.05. The molecule has 0 radical (unpaired) electrons. The number of hydrogen-bond acceptors (Lipinski definition) is 5. The van der Waals surface area contributed by atoms with E-state index in [9.17, 15) is 4.79 Å². The van der Waals surface area contributed by atoms with Crippen LogP contribution in [0.3, 0.4) is 0 Å². The van der Waals surface area contributed by atoms with Gasteiger partial charge in [-0.2, -0.15) is 4.98 Å². The van der Waals surface area contributed by atoms with Crippen LogP contribution in [0, 0.1) is 11.8 Å². The Morgan fingerprint density at radius 1 is 1.22 bits per heavy atom. The Morgan fingerprint density at radius 2 is 2.03 bits per heavy atom. The Labute approximate surface area is 186 Å². The van der Waals surface area contributed by atoms with E-state index in [1.54, 1.807) is 12.4 Å². The first-order valence-corrected chi connectivity index (χ1v) is 11.2. The maximum absolute atomic E-state index is 13.4. The third kappa shape index (κ3) is 3.68. The summed E-state index contributed by atoms with van der Waals surface area (Å²) in [7, 11) is 0. The van der Waals surface area contributed by atoms with Gasteiger partial charge in [-0.05, 0) is 54.9 Å². The van der Waals surface area contributed by atoms with Crippen molar-refractivity contribution in [1.82, 2.24) is 25.4 Å². The molecule has 1 aliphatic rings. The van der Waals surface area contributed by atoms with Crippen molar-refractivity contribution in [3.8, 4) is 11.4 Å². The molecule has 0 saturated carbocycles. The minimum atomic E-state index is -0.398. The van der Waals surface area contributed by atoms with Crippen LogP contribution in [0.5, 0.6) is 0 Å². The molecule has 7 nitrogen and oxygen atoms in total. The molecule has 4 aromatic rings. The zero-order valence-electron chi connectivity index (χ0n) is 18.6. The van der Waals surface area contributed by atoms with Gasteiger partial charge in [0.1, 0.15) is 6.04 Å². The van der Waals surface area contributed by atoms with E-state index in [1.807, 2.05) is 38.1 Å². The van der Waals surface area contributed by atoms with Crippen molar-refractivity contribution in [2.45, 2.75) is 46.1 Å². The van der Waals surface area contributed by atoms with E-state index in [2.05, 4.69) is 38.4 Å². The van der Waals surface area contributed by atoms with E-state index in [0.29, 0.717) is 23.2 Å². The largest absolute Gasteiger partial charge is 0.358 e. The fourth-order valence-corrected chi connectivity index (χ4v) is 4.52. The second-order valence-corrected chi connectivity index (χ2v) is 9.05. The molecule has 164 valence electrons. The molecule has 0 aliphatic heterocycles. The van der Waals surface area contributed by atoms with Crippen LogP contribution in [0.2, 0.25) is 0 Å². The molecule has 3 aromatic heterocycles. The average molecular weight is 430 g/mol. The number of carbonyl (C=O) groups is 1. The minimum absolute atomic E-state index is 0.0709. The summed E-state index contributed by atoms with van der Waals surface area (Å²) in [6, 6.07) is 9.20. The number of aromatic amines is 1. The van der Waals surface area contributed by atoms with Gasteiger partial charge < -0.3 is 14.8 Å². The Hall–Kier alpha value is -3.48. The molecule has 0 spiro atoms. The zero-order valence-corrected chi connectivity index (χ0v) is 18.6. The maximum atomic E-state index is 13.4. The van der Waals surface area contributed by atoms with Gasteiger partial charge in [0.05, 0.1) is 11.1 Å². The van der Waals surface area contributed by atoms with Gasteiger partial charge in [0.2, 0.25) is 11.7 Å². The monoisotopic (exact) mass is 429 g/mol. The summed E-state index contributed by atoms with van der Waals surface area (Å²) < 4.78 is 5.54. The van der Waals surface area contributed by atoms with E-state index >= 15 is 0 Å². The van der Waals surface area contributed by atoms with Crippen LogP contribution in [-0.2, 0) is 12.8 Å². The lowest BCUT2D eigenvalue weighted by Crippen LogP contribution is -2.32. The van der Waals surface area contributed by atoms with Crippen molar-refractivity contribution < 1.29 is 9.32 Å². The normalized spacial score (nSPS) is 16.8. The van der Waals surface area contributed by atoms with Gasteiger partial charge in [-0.1, -0.05) is 38.1 Å². The standard InChI is InChI=1S/C25H27N5O2/c1-14(2)21(25-29-23(30-32-25)16-9-11-26-12-10-16)28-24(31)18-6-4-5-17-19-13-15(3)7-8-20(19)27-22(17)18/h4-6,9-12,14-15,21,27H,7-8,13H2,1-3H3,(H,28,31). The number of H-pyrrole nitrogens is 1. The summed E-state index contributed by atoms with van der Waals surface area (Å²) in [6.07, 6.45) is 6.62. The number of hydrogen-bond donors (Lipinski definition) is 2. The molecule has 0 saturated heterocycles. The molecule has 7 heteroatoms. The molecular weight excluding hydrogens is 402 g/mol. The molecule has 2 N–H and O–H groups in total. The number of amides is 1. The molecular formula is C25H27N5O2. The van der Waals surface area contributed by atoms with Crippen molar-refractivity contribution in [2.24, 2.45) is 11.8 Å². The number of benzene rings is 1. The van der Waals surface area contributed by atoms with Gasteiger partial charge >= 0.3 is 0 Å². The lowest BCUT2D eigenvalue weighted by molar-refractivity contribution is 0.0915. The van der Waals surface area contributed by atoms with Crippen LogP contribution in [0.1, 0.15) is 60.7 Å². The summed E-state index contributed by atoms with van der Waals surface area (Å²) in [4.78, 5) is 25.5. The predicted octanol–water partition coefficient (Wildman–Crippen LogP) is 4.86. The molecule has 1 aromatic carbocycles. The number of aryl methyl sites for hydroxylation is 1. The summed E-state index contributed by atoms with van der Waals surface area (Å²) in [6.45, 7) is 6.34. The van der Waals surface area contributed by atoms with Crippen LogP contribution in [0.25, 0.3) is 22.3 Å². The molecule has 1 amide bonds. The van der Waals surface area contributed by atoms with Crippen LogP contribution >= 0.6 is 0 Å². The molecule has 2 atom stereocenters. The van der Waals surface area contributed by atoms with E-state index in [4.69, 9.17) is 4.52 Å². The van der Waals surface area contributed by atoms with Crippen LogP contribution in [0.4, 0.5) is 0 Å². The molecule has 32 heavy (non-hydrogen) atoms. The van der Waals surface area contributed by atoms with Gasteiger partial charge in [0.15, 0.2) is 0 Å². The Kier molecular flexibility index (Phi) is 5.25. The van der Waals surface area contributed by atoms with Gasteiger partial charge in [-0.25, -0.2) is 0 Å². The number of nitrogens with zero attached hydrogens (tertiary/aromatic N) is 3. The van der Waals surface area contributed by atoms with E-state index in [-0.39, 0.29) is 11.8 Å². The lowest BCUT2D eigenvalue weighted by Gasteiger charge is -2.19. The fraction of sp³-hybridized carbons (Fsp3) is 0.360. The maximum Gasteiger partial charge on any atom is 0.254 e. The fourth-order valence-electron chi connectivity index (χ4n) is 4.52. The van der Waals surface area contributed by atoms with Crippen LogP contribution in [-0.4, -0.2) is 26.0 Å². The highest BCUT2D eigenvalue weighted by molar-refractivity contribution is 6.07. The summed E-state index contributed by atoms with van der Waals surface area (Å²) in [5.74, 6) is 1.46. The Bertz CT molecular complexity index is 1260. The lowest BCUT2D eigenvalue weighted by atomic mass is 9.87. The number of pyridine rings is 1. The second kappa shape index (κ2) is 8.22. The molecule has 3 heterocycles. The number of nitrogens with one attached hydrogen (secondary N) is 2. The zero-order chi connectivity index (χ0) is 22.2. The molecule has 2 unspecified atom stereocenters.